The number of carbonyl (C=O) groups is 1. The number of hydrogen-bond donors (Lipinski definition) is 2. The maximum atomic E-state index is 11.8. The minimum Gasteiger partial charge on any atom is -0.362 e. The third kappa shape index (κ3) is 3.54. The largest absolute Gasteiger partial charge is 0.362 e. The van der Waals surface area contributed by atoms with Crippen molar-refractivity contribution in [3.63, 3.8) is 0 Å². The van der Waals surface area contributed by atoms with E-state index < -0.39 is 5.91 Å². The second-order valence-corrected chi connectivity index (χ2v) is 3.84. The fraction of sp³-hybridized carbons (Fsp3) is 0.0714. The van der Waals surface area contributed by atoms with Gasteiger partial charge in [-0.15, -0.1) is 0 Å². The Bertz CT molecular complexity index is 609. The van der Waals surface area contributed by atoms with Gasteiger partial charge in [-0.2, -0.15) is 5.26 Å². The first-order valence-corrected chi connectivity index (χ1v) is 5.72. The van der Waals surface area contributed by atoms with E-state index in [4.69, 9.17) is 5.26 Å². The minimum absolute atomic E-state index is 0.0614. The van der Waals surface area contributed by atoms with Crippen LogP contribution in [0.5, 0.6) is 0 Å². The monoisotopic (exact) mass is 252 g/mol. The Morgan fingerprint density at radius 1 is 1.47 bits per heavy atom. The normalized spacial score (nSPS) is 10.8. The fourth-order valence-corrected chi connectivity index (χ4v) is 1.52. The van der Waals surface area contributed by atoms with Crippen molar-refractivity contribution in [2.24, 2.45) is 0 Å². The topological polar surface area (TPSA) is 81.6 Å². The summed E-state index contributed by atoms with van der Waals surface area (Å²) in [6.45, 7) is 0.344. The number of aromatic nitrogens is 2. The third-order valence-electron chi connectivity index (χ3n) is 2.46. The van der Waals surface area contributed by atoms with Gasteiger partial charge in [0.05, 0.1) is 0 Å². The number of aromatic amines is 1. The number of amides is 1. The highest BCUT2D eigenvalue weighted by molar-refractivity contribution is 6.01. The predicted molar refractivity (Wildman–Crippen MR) is 70.5 cm³/mol. The van der Waals surface area contributed by atoms with Gasteiger partial charge in [-0.05, 0) is 29.8 Å². The highest BCUT2D eigenvalue weighted by atomic mass is 16.1. The van der Waals surface area contributed by atoms with Crippen LogP contribution in [0.1, 0.15) is 11.3 Å². The Morgan fingerprint density at radius 3 is 3.00 bits per heavy atom. The van der Waals surface area contributed by atoms with Gasteiger partial charge in [0, 0.05) is 30.8 Å². The molecule has 5 nitrogen and oxygen atoms in total. The standard InChI is InChI=1S/C14H12N4O/c15-8-12(7-13-4-2-6-17-13)14(19)18-10-11-3-1-5-16-9-11/h1-7,9,17H,10H2,(H,18,19). The Hall–Kier alpha value is -2.87. The van der Waals surface area contributed by atoms with Crippen molar-refractivity contribution >= 4 is 12.0 Å². The van der Waals surface area contributed by atoms with E-state index in [9.17, 15) is 4.79 Å². The summed E-state index contributed by atoms with van der Waals surface area (Å²) in [6.07, 6.45) is 6.57. The maximum Gasteiger partial charge on any atom is 0.262 e. The summed E-state index contributed by atoms with van der Waals surface area (Å²) in [6, 6.07) is 9.12. The molecule has 0 aliphatic rings. The molecular weight excluding hydrogens is 240 g/mol. The SMILES string of the molecule is N#CC(=Cc1ccc[nH]1)C(=O)NCc1cccnc1. The van der Waals surface area contributed by atoms with Gasteiger partial charge >= 0.3 is 0 Å². The minimum atomic E-state index is -0.402. The number of H-pyrrole nitrogens is 1. The van der Waals surface area contributed by atoms with Crippen LogP contribution >= 0.6 is 0 Å². The highest BCUT2D eigenvalue weighted by Gasteiger charge is 2.08. The smallest absolute Gasteiger partial charge is 0.262 e. The molecule has 2 rings (SSSR count). The van der Waals surface area contributed by atoms with Gasteiger partial charge in [0.2, 0.25) is 0 Å². The van der Waals surface area contributed by atoms with Crippen molar-refractivity contribution in [3.05, 3.63) is 59.7 Å². The molecule has 0 atom stereocenters. The van der Waals surface area contributed by atoms with E-state index in [2.05, 4.69) is 15.3 Å². The molecule has 0 radical (unpaired) electrons. The summed E-state index contributed by atoms with van der Waals surface area (Å²) in [5, 5.41) is 11.7. The number of rotatable bonds is 4. The molecule has 0 aromatic carbocycles. The number of pyridine rings is 1. The first-order chi connectivity index (χ1) is 9.29. The van der Waals surface area contributed by atoms with Crippen LogP contribution in [-0.2, 0) is 11.3 Å². The Labute approximate surface area is 110 Å². The third-order valence-corrected chi connectivity index (χ3v) is 2.46. The number of nitrogens with zero attached hydrogens (tertiary/aromatic N) is 2. The van der Waals surface area contributed by atoms with Gasteiger partial charge in [0.1, 0.15) is 11.6 Å². The van der Waals surface area contributed by atoms with Gasteiger partial charge in [-0.3, -0.25) is 9.78 Å². The van der Waals surface area contributed by atoms with E-state index in [-0.39, 0.29) is 5.57 Å². The van der Waals surface area contributed by atoms with E-state index in [1.54, 1.807) is 36.8 Å². The summed E-state index contributed by atoms with van der Waals surface area (Å²) in [4.78, 5) is 18.7. The van der Waals surface area contributed by atoms with E-state index in [0.29, 0.717) is 12.2 Å². The predicted octanol–water partition coefficient (Wildman–Crippen LogP) is 1.63. The molecule has 0 fully saturated rings. The van der Waals surface area contributed by atoms with Crippen LogP contribution in [-0.4, -0.2) is 15.9 Å². The Morgan fingerprint density at radius 2 is 2.37 bits per heavy atom. The molecule has 0 aliphatic heterocycles. The number of hydrogen-bond acceptors (Lipinski definition) is 3. The zero-order valence-electron chi connectivity index (χ0n) is 10.1. The Kier molecular flexibility index (Phi) is 4.09. The van der Waals surface area contributed by atoms with Crippen LogP contribution in [0.15, 0.2) is 48.4 Å². The van der Waals surface area contributed by atoms with Crippen molar-refractivity contribution < 1.29 is 4.79 Å². The zero-order valence-corrected chi connectivity index (χ0v) is 10.1. The quantitative estimate of drug-likeness (QED) is 0.641. The lowest BCUT2D eigenvalue weighted by molar-refractivity contribution is -0.117. The van der Waals surface area contributed by atoms with Crippen LogP contribution < -0.4 is 5.32 Å². The van der Waals surface area contributed by atoms with Crippen LogP contribution in [0, 0.1) is 11.3 Å². The second-order valence-electron chi connectivity index (χ2n) is 3.84. The van der Waals surface area contributed by atoms with Gasteiger partial charge in [-0.25, -0.2) is 0 Å². The van der Waals surface area contributed by atoms with E-state index >= 15 is 0 Å². The summed E-state index contributed by atoms with van der Waals surface area (Å²) in [5.41, 5.74) is 1.66. The van der Waals surface area contributed by atoms with E-state index in [0.717, 1.165) is 5.56 Å². The van der Waals surface area contributed by atoms with Crippen LogP contribution in [0.3, 0.4) is 0 Å². The van der Waals surface area contributed by atoms with Gasteiger partial charge in [-0.1, -0.05) is 6.07 Å². The molecule has 94 valence electrons. The number of nitrogens with one attached hydrogen (secondary N) is 2. The Balaban J connectivity index is 2.01. The van der Waals surface area contributed by atoms with Gasteiger partial charge < -0.3 is 10.3 Å². The molecule has 2 aromatic rings. The molecule has 5 heteroatoms. The molecule has 0 spiro atoms. The molecule has 0 unspecified atom stereocenters. The number of nitriles is 1. The lowest BCUT2D eigenvalue weighted by Crippen LogP contribution is -2.24. The lowest BCUT2D eigenvalue weighted by atomic mass is 10.2. The van der Waals surface area contributed by atoms with Crippen molar-refractivity contribution in [1.82, 2.24) is 15.3 Å². The van der Waals surface area contributed by atoms with Crippen LogP contribution in [0.4, 0.5) is 0 Å². The molecule has 2 heterocycles. The summed E-state index contributed by atoms with van der Waals surface area (Å²) in [7, 11) is 0. The molecule has 2 N–H and O–H groups in total. The average Bonchev–Trinajstić information content (AvgIpc) is 2.96. The molecule has 2 aromatic heterocycles. The first-order valence-electron chi connectivity index (χ1n) is 5.72. The second kappa shape index (κ2) is 6.17. The van der Waals surface area contributed by atoms with Crippen molar-refractivity contribution in [3.8, 4) is 6.07 Å². The molecule has 0 aliphatic carbocycles. The maximum absolute atomic E-state index is 11.8. The molecule has 0 saturated carbocycles. The zero-order chi connectivity index (χ0) is 13.5. The first kappa shape index (κ1) is 12.6. The molecule has 0 saturated heterocycles. The van der Waals surface area contributed by atoms with Crippen molar-refractivity contribution in [1.29, 1.82) is 5.26 Å². The van der Waals surface area contributed by atoms with Gasteiger partial charge in [0.25, 0.3) is 5.91 Å². The van der Waals surface area contributed by atoms with E-state index in [1.807, 2.05) is 12.1 Å². The van der Waals surface area contributed by atoms with Crippen molar-refractivity contribution in [2.75, 3.05) is 0 Å². The molecule has 0 bridgehead atoms. The lowest BCUT2D eigenvalue weighted by Gasteiger charge is -2.03. The average molecular weight is 252 g/mol. The van der Waals surface area contributed by atoms with Gasteiger partial charge in [0.15, 0.2) is 0 Å². The molecule has 1 amide bonds. The molecule has 19 heavy (non-hydrogen) atoms. The number of carbonyl (C=O) groups excluding carboxylic acids is 1. The van der Waals surface area contributed by atoms with Crippen LogP contribution in [0.2, 0.25) is 0 Å². The summed E-state index contributed by atoms with van der Waals surface area (Å²) < 4.78 is 0. The van der Waals surface area contributed by atoms with E-state index in [1.165, 1.54) is 6.08 Å². The van der Waals surface area contributed by atoms with Crippen molar-refractivity contribution in [2.45, 2.75) is 6.54 Å². The molecular formula is C14H12N4O. The van der Waals surface area contributed by atoms with Crippen LogP contribution in [0.25, 0.3) is 6.08 Å². The highest BCUT2D eigenvalue weighted by Crippen LogP contribution is 2.04. The summed E-state index contributed by atoms with van der Waals surface area (Å²) in [5.74, 6) is -0.402. The summed E-state index contributed by atoms with van der Waals surface area (Å²) >= 11 is 0. The fourth-order valence-electron chi connectivity index (χ4n) is 1.52.